The minimum atomic E-state index is -1.89. The van der Waals surface area contributed by atoms with E-state index in [1.807, 2.05) is 0 Å². The quantitative estimate of drug-likeness (QED) is 0.0431. The summed E-state index contributed by atoms with van der Waals surface area (Å²) in [6.07, 6.45) is -14.9. The average molecular weight is 759 g/mol. The number of nitrogens with zero attached hydrogens (tertiary/aromatic N) is 3. The molecule has 0 radical (unpaired) electrons. The lowest BCUT2D eigenvalue weighted by Crippen LogP contribution is -2.61. The first kappa shape index (κ1) is 45.5. The van der Waals surface area contributed by atoms with Gasteiger partial charge < -0.3 is 76.1 Å². The van der Waals surface area contributed by atoms with Crippen LogP contribution in [-0.4, -0.2) is 239 Å². The third-order valence-corrected chi connectivity index (χ3v) is 9.18. The molecule has 0 aromatic rings. The molecule has 2 aliphatic heterocycles. The van der Waals surface area contributed by atoms with Gasteiger partial charge in [0.15, 0.2) is 6.29 Å². The number of carboxylic acid groups (broad SMARTS) is 4. The molecule has 2 rings (SSSR count). The number of ether oxygens (including phenoxy) is 2. The van der Waals surface area contributed by atoms with Crippen molar-refractivity contribution < 1.29 is 89.9 Å². The summed E-state index contributed by atoms with van der Waals surface area (Å²) >= 11 is 0. The van der Waals surface area contributed by atoms with Crippen LogP contribution >= 0.6 is 0 Å². The van der Waals surface area contributed by atoms with Gasteiger partial charge >= 0.3 is 23.9 Å². The fourth-order valence-electron chi connectivity index (χ4n) is 6.43. The van der Waals surface area contributed by atoms with E-state index in [2.05, 4.69) is 5.32 Å². The van der Waals surface area contributed by atoms with E-state index in [4.69, 9.17) is 9.47 Å². The van der Waals surface area contributed by atoms with E-state index in [0.717, 1.165) is 0 Å². The number of rotatable bonds is 23. The normalized spacial score (nSPS) is 29.2. The van der Waals surface area contributed by atoms with Crippen molar-refractivity contribution in [2.75, 3.05) is 72.1 Å². The van der Waals surface area contributed by atoms with Crippen LogP contribution < -0.4 is 5.32 Å². The van der Waals surface area contributed by atoms with Gasteiger partial charge in [0.1, 0.15) is 48.8 Å². The van der Waals surface area contributed by atoms with Gasteiger partial charge in [-0.3, -0.25) is 33.9 Å². The second-order valence-corrected chi connectivity index (χ2v) is 13.4. The number of carbonyl (C=O) groups is 4. The highest BCUT2D eigenvalue weighted by Crippen LogP contribution is 2.26. The predicted octanol–water partition coefficient (Wildman–Crippen LogP) is -6.61. The Bertz CT molecular complexity index is 1140. The van der Waals surface area contributed by atoms with E-state index in [-0.39, 0.29) is 45.7 Å². The van der Waals surface area contributed by atoms with Crippen LogP contribution in [-0.2, 0) is 28.7 Å². The maximum Gasteiger partial charge on any atom is 0.320 e. The number of hydrogen-bond acceptors (Lipinski definition) is 18. The van der Waals surface area contributed by atoms with E-state index in [1.54, 1.807) is 11.8 Å². The summed E-state index contributed by atoms with van der Waals surface area (Å²) in [5.74, 6) is -4.99. The second kappa shape index (κ2) is 21.3. The van der Waals surface area contributed by atoms with Gasteiger partial charge in [0, 0.05) is 38.3 Å². The fourth-order valence-corrected chi connectivity index (χ4v) is 6.43. The first-order valence-electron chi connectivity index (χ1n) is 16.8. The maximum absolute atomic E-state index is 12.4. The number of unbranched alkanes of at least 4 members (excludes halogenated alkanes) is 1. The number of nitrogens with one attached hydrogen (secondary N) is 1. The van der Waals surface area contributed by atoms with Gasteiger partial charge in [0.2, 0.25) is 0 Å². The zero-order valence-corrected chi connectivity index (χ0v) is 28.8. The summed E-state index contributed by atoms with van der Waals surface area (Å²) in [6, 6.07) is -1.10. The third kappa shape index (κ3) is 13.3. The van der Waals surface area contributed by atoms with Crippen LogP contribution in [0.25, 0.3) is 0 Å². The Balaban J connectivity index is 2.02. The van der Waals surface area contributed by atoms with Crippen LogP contribution in [0.5, 0.6) is 0 Å². The fraction of sp³-hybridized carbons (Fsp3) is 0.867. The molecule has 0 bridgehead atoms. The molecule has 52 heavy (non-hydrogen) atoms. The summed E-state index contributed by atoms with van der Waals surface area (Å²) < 4.78 is 10.6. The van der Waals surface area contributed by atoms with Crippen molar-refractivity contribution in [3.05, 3.63) is 0 Å². The number of aliphatic carboxylic acids is 4. The number of aliphatic hydroxyl groups is 8. The molecule has 22 heteroatoms. The first-order valence-corrected chi connectivity index (χ1v) is 16.8. The molecule has 11 atom stereocenters. The summed E-state index contributed by atoms with van der Waals surface area (Å²) in [5.41, 5.74) is -1.26. The zero-order valence-electron chi connectivity index (χ0n) is 28.8. The van der Waals surface area contributed by atoms with Gasteiger partial charge in [-0.15, -0.1) is 0 Å². The molecule has 2 saturated heterocycles. The van der Waals surface area contributed by atoms with E-state index in [0.29, 0.717) is 12.8 Å². The Kier molecular flexibility index (Phi) is 18.6. The van der Waals surface area contributed by atoms with E-state index >= 15 is 0 Å². The van der Waals surface area contributed by atoms with Gasteiger partial charge in [-0.05, 0) is 26.3 Å². The number of aliphatic hydroxyl groups excluding tert-OH is 8. The molecular weight excluding hydrogens is 704 g/mol. The highest BCUT2D eigenvalue weighted by Gasteiger charge is 2.47. The van der Waals surface area contributed by atoms with Gasteiger partial charge in [0.05, 0.1) is 39.0 Å². The van der Waals surface area contributed by atoms with E-state index in [1.165, 1.54) is 9.80 Å². The van der Waals surface area contributed by atoms with Crippen molar-refractivity contribution in [2.45, 2.75) is 92.9 Å². The van der Waals surface area contributed by atoms with Crippen molar-refractivity contribution >= 4 is 23.9 Å². The highest BCUT2D eigenvalue weighted by atomic mass is 16.7. The van der Waals surface area contributed by atoms with Crippen molar-refractivity contribution in [2.24, 2.45) is 0 Å². The van der Waals surface area contributed by atoms with E-state index in [9.17, 15) is 80.5 Å². The third-order valence-electron chi connectivity index (χ3n) is 9.18. The molecule has 22 nitrogen and oxygen atoms in total. The zero-order chi connectivity index (χ0) is 39.3. The smallest absolute Gasteiger partial charge is 0.320 e. The lowest BCUT2D eigenvalue weighted by atomic mass is 9.96. The van der Waals surface area contributed by atoms with Crippen LogP contribution in [0.1, 0.15) is 26.2 Å². The molecule has 0 aromatic heterocycles. The molecule has 2 aliphatic rings. The minimum absolute atomic E-state index is 0.0372. The SMILES string of the molecule is CC1(N(CC(=O)O)CC(=O)O)CN(CC(=O)O)CCN(C(CCCCNCC(O)C(O)C(OC2OC(CO)C(O)C(O)[C@@H]2O)C(O)CO)C(=O)O)C1. The lowest BCUT2D eigenvalue weighted by molar-refractivity contribution is -0.327. The maximum atomic E-state index is 12.4. The van der Waals surface area contributed by atoms with Crippen LogP contribution in [0.3, 0.4) is 0 Å². The molecule has 10 unspecified atom stereocenters. The minimum Gasteiger partial charge on any atom is -0.480 e. The van der Waals surface area contributed by atoms with Crippen molar-refractivity contribution in [3.63, 3.8) is 0 Å². The van der Waals surface area contributed by atoms with Crippen molar-refractivity contribution in [3.8, 4) is 0 Å². The largest absolute Gasteiger partial charge is 0.480 e. The summed E-state index contributed by atoms with van der Waals surface area (Å²) in [5, 5.41) is 122. The molecule has 13 N–H and O–H groups in total. The molecule has 2 heterocycles. The Morgan fingerprint density at radius 3 is 2.06 bits per heavy atom. The monoisotopic (exact) mass is 758 g/mol. The van der Waals surface area contributed by atoms with Gasteiger partial charge in [-0.25, -0.2) is 0 Å². The second-order valence-electron chi connectivity index (χ2n) is 13.4. The lowest BCUT2D eigenvalue weighted by Gasteiger charge is -2.43. The van der Waals surface area contributed by atoms with Crippen LogP contribution in [0, 0.1) is 0 Å². The summed E-state index contributed by atoms with van der Waals surface area (Å²) in [4.78, 5) is 51.4. The Labute approximate surface area is 299 Å². The molecule has 0 aliphatic carbocycles. The standard InChI is InChI=1S/C30H54N4O18/c1-30(34(10-21(41)42)11-22(43)44)14-32(9-20(39)40)6-7-33(15-30)16(28(49)50)4-2-3-5-31-8-17(37)23(45)27(18(38)12-35)52-29-26(48)25(47)24(46)19(13-36)51-29/h16-19,23-27,29,31,35-38,45-48H,2-15H2,1H3,(H,39,40)(H,41,42)(H,43,44)(H,49,50)/t16?,17?,18?,19?,23?,24?,25?,26-,27?,29?,30?/m0/s1. The van der Waals surface area contributed by atoms with Crippen LogP contribution in [0.15, 0.2) is 0 Å². The molecule has 0 spiro atoms. The van der Waals surface area contributed by atoms with Crippen LogP contribution in [0.2, 0.25) is 0 Å². The highest BCUT2D eigenvalue weighted by molar-refractivity contribution is 5.74. The average Bonchev–Trinajstić information content (AvgIpc) is 3.23. The number of hydrogen-bond donors (Lipinski definition) is 13. The molecule has 2 fully saturated rings. The first-order chi connectivity index (χ1) is 24.3. The Morgan fingerprint density at radius 1 is 0.885 bits per heavy atom. The van der Waals surface area contributed by atoms with Gasteiger partial charge in [-0.2, -0.15) is 0 Å². The number of carboxylic acids is 4. The molecular formula is C30H54N4O18. The van der Waals surface area contributed by atoms with Crippen molar-refractivity contribution in [1.29, 1.82) is 0 Å². The summed E-state index contributed by atoms with van der Waals surface area (Å²) in [6.45, 7) is -1.93. The van der Waals surface area contributed by atoms with E-state index < -0.39 is 123 Å². The topological polar surface area (TPSA) is 351 Å². The van der Waals surface area contributed by atoms with Crippen LogP contribution in [0.4, 0.5) is 0 Å². The van der Waals surface area contributed by atoms with Crippen molar-refractivity contribution in [1.82, 2.24) is 20.0 Å². The molecule has 302 valence electrons. The molecule has 0 aromatic carbocycles. The van der Waals surface area contributed by atoms with Gasteiger partial charge in [-0.1, -0.05) is 6.42 Å². The predicted molar refractivity (Wildman–Crippen MR) is 173 cm³/mol. The van der Waals surface area contributed by atoms with Gasteiger partial charge in [0.25, 0.3) is 0 Å². The summed E-state index contributed by atoms with van der Waals surface area (Å²) in [7, 11) is 0. The Morgan fingerprint density at radius 2 is 1.52 bits per heavy atom. The Hall–Kier alpha value is -2.68. The molecule has 0 amide bonds. The molecule has 0 saturated carbocycles.